The fraction of sp³-hybridized carbons (Fsp3) is 0.207. The Morgan fingerprint density at radius 3 is 2.49 bits per heavy atom. The molecule has 212 valence electrons. The third-order valence-electron chi connectivity index (χ3n) is 6.03. The average molecular weight is 624 g/mol. The number of nitro benzene ring substituents is 1. The molecule has 1 aliphatic rings. The molecule has 0 spiro atoms. The van der Waals surface area contributed by atoms with E-state index in [1.54, 1.807) is 48.5 Å². The van der Waals surface area contributed by atoms with Crippen LogP contribution in [0.4, 0.5) is 16.2 Å². The van der Waals surface area contributed by atoms with Gasteiger partial charge in [0.25, 0.3) is 17.5 Å². The van der Waals surface area contributed by atoms with Gasteiger partial charge in [0.15, 0.2) is 11.5 Å². The first-order valence-electron chi connectivity index (χ1n) is 12.6. The molecule has 3 aromatic carbocycles. The molecule has 1 saturated heterocycles. The first kappa shape index (κ1) is 29.3. The molecule has 41 heavy (non-hydrogen) atoms. The van der Waals surface area contributed by atoms with Gasteiger partial charge in [0.1, 0.15) is 17.9 Å². The van der Waals surface area contributed by atoms with Crippen LogP contribution in [0, 0.1) is 10.1 Å². The lowest BCUT2D eigenvalue weighted by Gasteiger charge is -2.26. The number of hydrogen-bond acceptors (Lipinski definition) is 8. The number of methoxy groups -OCH3 is 1. The highest BCUT2D eigenvalue weighted by Crippen LogP contribution is 2.38. The second-order valence-corrected chi connectivity index (χ2v) is 9.76. The van der Waals surface area contributed by atoms with Crippen molar-refractivity contribution in [3.8, 4) is 17.2 Å². The fourth-order valence-corrected chi connectivity index (χ4v) is 4.54. The molecule has 0 unspecified atom stereocenters. The molecule has 12 heteroatoms. The molecule has 1 N–H and O–H groups in total. The molecule has 0 aliphatic carbocycles. The van der Waals surface area contributed by atoms with Gasteiger partial charge in [0.05, 0.1) is 28.8 Å². The maximum atomic E-state index is 13.3. The molecule has 4 rings (SSSR count). The number of nitrogens with zero attached hydrogens (tertiary/aromatic N) is 2. The van der Waals surface area contributed by atoms with E-state index >= 15 is 0 Å². The largest absolute Gasteiger partial charge is 0.494 e. The van der Waals surface area contributed by atoms with Crippen LogP contribution < -0.4 is 24.4 Å². The van der Waals surface area contributed by atoms with E-state index < -0.39 is 22.8 Å². The standard InChI is InChI=1S/C29H26BrN3O8/c1-3-4-12-40-22-10-8-20(9-11-22)32-28(35)23(27(34)31-29(32)36)14-19-15-24(30)26(25(16-19)39-2)41-17-18-6-5-7-21(13-18)33(37)38/h5-11,13-16H,3-4,12,17H2,1-2H3,(H,31,34,36)/b23-14-. The van der Waals surface area contributed by atoms with Crippen LogP contribution >= 0.6 is 15.9 Å². The highest BCUT2D eigenvalue weighted by Gasteiger charge is 2.37. The van der Waals surface area contributed by atoms with Crippen molar-refractivity contribution >= 4 is 51.2 Å². The van der Waals surface area contributed by atoms with Crippen LogP contribution in [0.2, 0.25) is 0 Å². The minimum absolute atomic E-state index is 0.0253. The number of nitrogens with one attached hydrogen (secondary N) is 1. The van der Waals surface area contributed by atoms with Gasteiger partial charge < -0.3 is 14.2 Å². The summed E-state index contributed by atoms with van der Waals surface area (Å²) in [7, 11) is 1.42. The molecule has 11 nitrogen and oxygen atoms in total. The maximum Gasteiger partial charge on any atom is 0.335 e. The summed E-state index contributed by atoms with van der Waals surface area (Å²) in [5, 5.41) is 13.3. The van der Waals surface area contributed by atoms with Crippen LogP contribution in [0.3, 0.4) is 0 Å². The van der Waals surface area contributed by atoms with Gasteiger partial charge in [-0.3, -0.25) is 25.0 Å². The number of carbonyl (C=O) groups is 3. The zero-order valence-corrected chi connectivity index (χ0v) is 23.8. The van der Waals surface area contributed by atoms with Crippen LogP contribution in [-0.4, -0.2) is 36.5 Å². The van der Waals surface area contributed by atoms with Crippen molar-refractivity contribution in [2.75, 3.05) is 18.6 Å². The summed E-state index contributed by atoms with van der Waals surface area (Å²) < 4.78 is 17.4. The number of nitro groups is 1. The van der Waals surface area contributed by atoms with E-state index in [1.165, 1.54) is 25.3 Å². The lowest BCUT2D eigenvalue weighted by molar-refractivity contribution is -0.384. The lowest BCUT2D eigenvalue weighted by atomic mass is 10.1. The Bertz CT molecular complexity index is 1520. The molecule has 1 heterocycles. The predicted octanol–water partition coefficient (Wildman–Crippen LogP) is 5.79. The topological polar surface area (TPSA) is 137 Å². The highest BCUT2D eigenvalue weighted by atomic mass is 79.9. The summed E-state index contributed by atoms with van der Waals surface area (Å²) >= 11 is 3.43. The number of urea groups is 1. The van der Waals surface area contributed by atoms with E-state index in [9.17, 15) is 24.5 Å². The molecular formula is C29H26BrN3O8. The molecule has 0 aromatic heterocycles. The minimum atomic E-state index is -0.861. The van der Waals surface area contributed by atoms with E-state index in [0.29, 0.717) is 33.7 Å². The van der Waals surface area contributed by atoms with Crippen molar-refractivity contribution in [3.05, 3.63) is 92.0 Å². The number of carbonyl (C=O) groups excluding carboxylic acids is 3. The fourth-order valence-electron chi connectivity index (χ4n) is 3.96. The number of amides is 4. The van der Waals surface area contributed by atoms with Crippen molar-refractivity contribution in [1.82, 2.24) is 5.32 Å². The van der Waals surface area contributed by atoms with Crippen LogP contribution in [-0.2, 0) is 16.2 Å². The molecule has 1 fully saturated rings. The van der Waals surface area contributed by atoms with Gasteiger partial charge in [0.2, 0.25) is 0 Å². The van der Waals surface area contributed by atoms with Crippen LogP contribution in [0.1, 0.15) is 30.9 Å². The quantitative estimate of drug-likeness (QED) is 0.0931. The average Bonchev–Trinajstić information content (AvgIpc) is 2.95. The molecule has 0 saturated carbocycles. The SMILES string of the molecule is CCCCOc1ccc(N2C(=O)NC(=O)/C(=C/c3cc(Br)c(OCc4cccc([N+](=O)[O-])c4)c(OC)c3)C2=O)cc1. The Labute approximate surface area is 244 Å². The number of hydrogen-bond donors (Lipinski definition) is 1. The molecule has 0 bridgehead atoms. The van der Waals surface area contributed by atoms with Gasteiger partial charge in [-0.25, -0.2) is 9.69 Å². The third-order valence-corrected chi connectivity index (χ3v) is 6.62. The van der Waals surface area contributed by atoms with Crippen molar-refractivity contribution in [1.29, 1.82) is 0 Å². The van der Waals surface area contributed by atoms with Gasteiger partial charge in [-0.05, 0) is 76.0 Å². The summed E-state index contributed by atoms with van der Waals surface area (Å²) in [6.45, 7) is 2.63. The highest BCUT2D eigenvalue weighted by molar-refractivity contribution is 9.10. The first-order chi connectivity index (χ1) is 19.7. The van der Waals surface area contributed by atoms with Gasteiger partial charge in [-0.2, -0.15) is 0 Å². The number of imide groups is 2. The minimum Gasteiger partial charge on any atom is -0.494 e. The van der Waals surface area contributed by atoms with Gasteiger partial charge in [0, 0.05) is 12.1 Å². The van der Waals surface area contributed by atoms with Crippen LogP contribution in [0.5, 0.6) is 17.2 Å². The second-order valence-electron chi connectivity index (χ2n) is 8.90. The van der Waals surface area contributed by atoms with Gasteiger partial charge >= 0.3 is 6.03 Å². The van der Waals surface area contributed by atoms with E-state index in [4.69, 9.17) is 14.2 Å². The summed E-state index contributed by atoms with van der Waals surface area (Å²) in [5.41, 5.74) is 0.959. The molecule has 3 aromatic rings. The Balaban J connectivity index is 1.57. The molecular weight excluding hydrogens is 598 g/mol. The second kappa shape index (κ2) is 13.1. The van der Waals surface area contributed by atoms with Gasteiger partial charge in [-0.1, -0.05) is 25.5 Å². The summed E-state index contributed by atoms with van der Waals surface area (Å²) in [6.07, 6.45) is 3.23. The zero-order chi connectivity index (χ0) is 29.5. The third kappa shape index (κ3) is 6.90. The number of non-ortho nitro benzene ring substituents is 1. The number of unbranched alkanes of at least 4 members (excludes halogenated alkanes) is 1. The van der Waals surface area contributed by atoms with Crippen LogP contribution in [0.15, 0.2) is 70.7 Å². The summed E-state index contributed by atoms with van der Waals surface area (Å²) in [5.74, 6) is -0.425. The van der Waals surface area contributed by atoms with Crippen LogP contribution in [0.25, 0.3) is 6.08 Å². The molecule has 4 amide bonds. The van der Waals surface area contributed by atoms with Crippen molar-refractivity contribution in [3.63, 3.8) is 0 Å². The normalized spacial score (nSPS) is 14.2. The number of halogens is 1. The van der Waals surface area contributed by atoms with Gasteiger partial charge in [-0.15, -0.1) is 0 Å². The Morgan fingerprint density at radius 2 is 1.80 bits per heavy atom. The lowest BCUT2D eigenvalue weighted by Crippen LogP contribution is -2.54. The van der Waals surface area contributed by atoms with E-state index in [2.05, 4.69) is 28.2 Å². The van der Waals surface area contributed by atoms with Crippen molar-refractivity contribution in [2.24, 2.45) is 0 Å². The molecule has 0 atom stereocenters. The summed E-state index contributed by atoms with van der Waals surface area (Å²) in [4.78, 5) is 50.0. The van der Waals surface area contributed by atoms with Crippen molar-refractivity contribution < 1.29 is 33.5 Å². The number of benzene rings is 3. The van der Waals surface area contributed by atoms with E-state index in [-0.39, 0.29) is 29.3 Å². The predicted molar refractivity (Wildman–Crippen MR) is 154 cm³/mol. The van der Waals surface area contributed by atoms with E-state index in [0.717, 1.165) is 17.7 Å². The zero-order valence-electron chi connectivity index (χ0n) is 22.2. The first-order valence-corrected chi connectivity index (χ1v) is 13.4. The van der Waals surface area contributed by atoms with Crippen molar-refractivity contribution in [2.45, 2.75) is 26.4 Å². The number of ether oxygens (including phenoxy) is 3. The Hall–Kier alpha value is -4.71. The number of rotatable bonds is 11. The van der Waals surface area contributed by atoms with E-state index in [1.807, 2.05) is 0 Å². The Kier molecular flexibility index (Phi) is 9.35. The number of anilines is 1. The smallest absolute Gasteiger partial charge is 0.335 e. The molecule has 1 aliphatic heterocycles. The monoisotopic (exact) mass is 623 g/mol. The number of barbiturate groups is 1. The maximum absolute atomic E-state index is 13.3. The molecule has 0 radical (unpaired) electrons. The Morgan fingerprint density at radius 1 is 1.05 bits per heavy atom. The summed E-state index contributed by atoms with van der Waals surface area (Å²) in [6, 6.07) is 14.8.